The third-order valence-electron chi connectivity index (χ3n) is 3.07. The molecular weight excluding hydrogens is 358 g/mol. The highest BCUT2D eigenvalue weighted by atomic mass is 19.4. The minimum Gasteiger partial charge on any atom is -0.477 e. The van der Waals surface area contributed by atoms with Gasteiger partial charge >= 0.3 is 29.7 Å². The van der Waals surface area contributed by atoms with Crippen molar-refractivity contribution in [3.05, 3.63) is 0 Å². The van der Waals surface area contributed by atoms with Crippen LogP contribution in [0.1, 0.15) is 27.7 Å². The Morgan fingerprint density at radius 3 is 1.29 bits per heavy atom. The summed E-state index contributed by atoms with van der Waals surface area (Å²) >= 11 is 0. The largest absolute Gasteiger partial charge is 0.477 e. The van der Waals surface area contributed by atoms with Crippen molar-refractivity contribution in [1.82, 2.24) is 4.90 Å². The first kappa shape index (κ1) is 22.4. The number of carboxylic acids is 1. The molecule has 0 saturated carbocycles. The smallest absolute Gasteiger partial charge is 0.410 e. The number of carboxylic acid groups (broad SMARTS) is 1. The van der Waals surface area contributed by atoms with Crippen LogP contribution in [-0.4, -0.2) is 57.7 Å². The van der Waals surface area contributed by atoms with Crippen molar-refractivity contribution in [3.8, 4) is 0 Å². The van der Waals surface area contributed by atoms with E-state index in [1.165, 1.54) is 0 Å². The Hall–Kier alpha value is -1.62. The molecule has 0 unspecified atom stereocenters. The summed E-state index contributed by atoms with van der Waals surface area (Å²) in [5.74, 6) is -33.3. The Labute approximate surface area is 131 Å². The van der Waals surface area contributed by atoms with Crippen molar-refractivity contribution in [2.75, 3.05) is 0 Å². The lowest BCUT2D eigenvalue weighted by Gasteiger charge is -2.39. The van der Waals surface area contributed by atoms with Crippen LogP contribution in [0.3, 0.4) is 0 Å². The summed E-state index contributed by atoms with van der Waals surface area (Å²) in [6, 6.07) is -2.29. The van der Waals surface area contributed by atoms with Gasteiger partial charge in [0.15, 0.2) is 0 Å². The van der Waals surface area contributed by atoms with Gasteiger partial charge in [-0.2, -0.15) is 35.1 Å². The molecule has 0 rings (SSSR count). The Kier molecular flexibility index (Phi) is 5.93. The first-order chi connectivity index (χ1) is 10.4. The summed E-state index contributed by atoms with van der Waals surface area (Å²) in [7, 11) is 0. The molecule has 0 atom stereocenters. The lowest BCUT2D eigenvalue weighted by atomic mass is 9.97. The molecule has 0 aromatic carbocycles. The van der Waals surface area contributed by atoms with Crippen LogP contribution in [0.25, 0.3) is 0 Å². The second-order valence-corrected chi connectivity index (χ2v) is 5.50. The van der Waals surface area contributed by atoms with Crippen molar-refractivity contribution in [1.29, 1.82) is 0 Å². The second kappa shape index (κ2) is 6.36. The zero-order valence-electron chi connectivity index (χ0n) is 12.9. The first-order valence-electron chi connectivity index (χ1n) is 6.44. The standard InChI is InChI=1S/C12H15F8NO3/c1-5(2)21(6(3)4)7(22)9(13,14)11(17,18)12(19,20)10(15,16)8(23)24/h5-6H,1-4H3,(H,23,24). The molecule has 0 aliphatic carbocycles. The summed E-state index contributed by atoms with van der Waals surface area (Å²) in [6.45, 7) is 4.43. The van der Waals surface area contributed by atoms with Crippen molar-refractivity contribution in [2.45, 2.75) is 63.5 Å². The van der Waals surface area contributed by atoms with Crippen molar-refractivity contribution in [3.63, 3.8) is 0 Å². The zero-order valence-corrected chi connectivity index (χ0v) is 12.9. The topological polar surface area (TPSA) is 57.6 Å². The number of carbonyl (C=O) groups excluding carboxylic acids is 1. The maximum absolute atomic E-state index is 13.7. The number of amides is 1. The molecule has 0 aliphatic rings. The minimum absolute atomic E-state index is 0.100. The van der Waals surface area contributed by atoms with E-state index >= 15 is 0 Å². The molecule has 0 heterocycles. The maximum atomic E-state index is 13.7. The molecule has 0 saturated heterocycles. The summed E-state index contributed by atoms with van der Waals surface area (Å²) in [5, 5.41) is 7.93. The monoisotopic (exact) mass is 373 g/mol. The highest BCUT2D eigenvalue weighted by Gasteiger charge is 2.85. The van der Waals surface area contributed by atoms with Crippen LogP contribution in [0.4, 0.5) is 35.1 Å². The van der Waals surface area contributed by atoms with Gasteiger partial charge in [-0.1, -0.05) is 0 Å². The number of nitrogens with zero attached hydrogens (tertiary/aromatic N) is 1. The van der Waals surface area contributed by atoms with Gasteiger partial charge in [0.05, 0.1) is 0 Å². The first-order valence-corrected chi connectivity index (χ1v) is 6.44. The third kappa shape index (κ3) is 3.14. The molecule has 142 valence electrons. The highest BCUT2D eigenvalue weighted by molar-refractivity contribution is 5.86. The van der Waals surface area contributed by atoms with Crippen LogP contribution in [-0.2, 0) is 9.59 Å². The molecule has 0 fully saturated rings. The number of aliphatic carboxylic acids is 1. The molecule has 0 aromatic heterocycles. The summed E-state index contributed by atoms with van der Waals surface area (Å²) < 4.78 is 107. The fourth-order valence-corrected chi connectivity index (χ4v) is 1.89. The van der Waals surface area contributed by atoms with Crippen LogP contribution in [0.2, 0.25) is 0 Å². The number of halogens is 8. The molecular formula is C12H15F8NO3. The van der Waals surface area contributed by atoms with Gasteiger partial charge in [0, 0.05) is 12.1 Å². The van der Waals surface area contributed by atoms with Crippen molar-refractivity contribution >= 4 is 11.9 Å². The van der Waals surface area contributed by atoms with Gasteiger partial charge in [-0.15, -0.1) is 0 Å². The molecule has 1 N–H and O–H groups in total. The average molecular weight is 373 g/mol. The van der Waals surface area contributed by atoms with E-state index in [2.05, 4.69) is 0 Å². The molecule has 0 aliphatic heterocycles. The number of rotatable bonds is 7. The number of hydrogen-bond donors (Lipinski definition) is 1. The molecule has 0 bridgehead atoms. The molecule has 1 amide bonds. The number of alkyl halides is 8. The predicted octanol–water partition coefficient (Wildman–Crippen LogP) is 3.26. The maximum Gasteiger partial charge on any atom is 0.410 e. The molecule has 0 spiro atoms. The minimum atomic E-state index is -7.02. The zero-order chi connectivity index (χ0) is 19.9. The summed E-state index contributed by atoms with van der Waals surface area (Å²) in [6.07, 6.45) is 0. The quantitative estimate of drug-likeness (QED) is 0.697. The molecule has 24 heavy (non-hydrogen) atoms. The Balaban J connectivity index is 6.17. The van der Waals surface area contributed by atoms with Crippen LogP contribution in [0.15, 0.2) is 0 Å². The van der Waals surface area contributed by atoms with E-state index in [9.17, 15) is 44.7 Å². The van der Waals surface area contributed by atoms with Gasteiger partial charge in [-0.25, -0.2) is 4.79 Å². The average Bonchev–Trinajstić information content (AvgIpc) is 2.36. The third-order valence-corrected chi connectivity index (χ3v) is 3.07. The van der Waals surface area contributed by atoms with Gasteiger partial charge in [0.25, 0.3) is 5.91 Å². The fourth-order valence-electron chi connectivity index (χ4n) is 1.89. The number of carbonyl (C=O) groups is 2. The van der Waals surface area contributed by atoms with Gasteiger partial charge in [0.2, 0.25) is 0 Å². The number of hydrogen-bond acceptors (Lipinski definition) is 2. The van der Waals surface area contributed by atoms with Crippen LogP contribution < -0.4 is 0 Å². The SMILES string of the molecule is CC(C)N(C(=O)C(F)(F)C(F)(F)C(F)(F)C(F)(F)C(=O)O)C(C)C. The lowest BCUT2D eigenvalue weighted by molar-refractivity contribution is -0.352. The van der Waals surface area contributed by atoms with Crippen LogP contribution >= 0.6 is 0 Å². The van der Waals surface area contributed by atoms with Crippen LogP contribution in [0.5, 0.6) is 0 Å². The van der Waals surface area contributed by atoms with E-state index in [4.69, 9.17) is 5.11 Å². The molecule has 12 heteroatoms. The molecule has 4 nitrogen and oxygen atoms in total. The van der Waals surface area contributed by atoms with E-state index in [-0.39, 0.29) is 4.90 Å². The van der Waals surface area contributed by atoms with E-state index in [1.54, 1.807) is 0 Å². The van der Waals surface area contributed by atoms with E-state index in [0.29, 0.717) is 0 Å². The Morgan fingerprint density at radius 1 is 0.750 bits per heavy atom. The van der Waals surface area contributed by atoms with E-state index in [1.807, 2.05) is 0 Å². The summed E-state index contributed by atoms with van der Waals surface area (Å²) in [4.78, 5) is 21.8. The van der Waals surface area contributed by atoms with Crippen LogP contribution in [0, 0.1) is 0 Å². The highest BCUT2D eigenvalue weighted by Crippen LogP contribution is 2.53. The van der Waals surface area contributed by atoms with Gasteiger partial charge in [0.1, 0.15) is 0 Å². The Morgan fingerprint density at radius 2 is 1.04 bits per heavy atom. The predicted molar refractivity (Wildman–Crippen MR) is 64.5 cm³/mol. The van der Waals surface area contributed by atoms with E-state index in [0.717, 1.165) is 27.7 Å². The summed E-state index contributed by atoms with van der Waals surface area (Å²) in [5.41, 5.74) is 0. The van der Waals surface area contributed by atoms with Gasteiger partial charge < -0.3 is 10.0 Å². The Bertz CT molecular complexity index is 497. The van der Waals surface area contributed by atoms with Gasteiger partial charge in [-0.05, 0) is 27.7 Å². The molecule has 0 aromatic rings. The second-order valence-electron chi connectivity index (χ2n) is 5.50. The van der Waals surface area contributed by atoms with Gasteiger partial charge in [-0.3, -0.25) is 4.79 Å². The lowest BCUT2D eigenvalue weighted by Crippen LogP contribution is -2.68. The van der Waals surface area contributed by atoms with E-state index < -0.39 is 47.7 Å². The normalized spacial score (nSPS) is 14.2. The van der Waals surface area contributed by atoms with Crippen molar-refractivity contribution < 1.29 is 49.8 Å². The fraction of sp³-hybridized carbons (Fsp3) is 0.833. The molecule has 0 radical (unpaired) electrons. The van der Waals surface area contributed by atoms with Crippen molar-refractivity contribution in [2.24, 2.45) is 0 Å².